The average Bonchev–Trinajstić information content (AvgIpc) is 1.64. The Morgan fingerprint density at radius 2 is 0.793 bits per heavy atom. The van der Waals surface area contributed by atoms with Gasteiger partial charge in [0.15, 0.2) is 88.7 Å². The number of halogens is 6. The van der Waals surface area contributed by atoms with Gasteiger partial charge >= 0.3 is 24.0 Å². The van der Waals surface area contributed by atoms with Crippen LogP contribution in [0.25, 0.3) is 67.0 Å². The molecule has 12 aromatic rings. The smallest absolute Gasteiger partial charge is 0.320 e. The molecule has 37 nitrogen and oxygen atoms in total. The summed E-state index contributed by atoms with van der Waals surface area (Å²) in [5, 5.41) is 0.925. The van der Waals surface area contributed by atoms with Gasteiger partial charge in [0.1, 0.15) is 47.7 Å². The summed E-state index contributed by atoms with van der Waals surface area (Å²) in [6.07, 6.45) is 28.0. The molecule has 0 bridgehead atoms. The highest BCUT2D eigenvalue weighted by molar-refractivity contribution is 9.10. The third kappa shape index (κ3) is 20.5. The van der Waals surface area contributed by atoms with Crippen LogP contribution in [0.5, 0.6) is 24.0 Å². The van der Waals surface area contributed by atoms with Gasteiger partial charge in [-0.2, -0.15) is 54.8 Å². The molecule has 596 valence electrons. The number of methoxy groups -OCH3 is 1. The molecule has 17 rings (SSSR count). The molecule has 0 aromatic carbocycles. The van der Waals surface area contributed by atoms with Gasteiger partial charge in [0, 0.05) is 33.0 Å². The van der Waals surface area contributed by atoms with Crippen molar-refractivity contribution in [3.05, 3.63) is 56.2 Å². The van der Waals surface area contributed by atoms with Gasteiger partial charge < -0.3 is 70.6 Å². The molecule has 17 heterocycles. The van der Waals surface area contributed by atoms with E-state index in [1.165, 1.54) is 6.33 Å². The van der Waals surface area contributed by atoms with E-state index in [1.807, 2.05) is 22.8 Å². The van der Waals surface area contributed by atoms with E-state index in [-0.39, 0.29) is 69.1 Å². The third-order valence-electron chi connectivity index (χ3n) is 18.1. The second-order valence-electron chi connectivity index (χ2n) is 26.0. The van der Waals surface area contributed by atoms with E-state index in [4.69, 9.17) is 124 Å². The summed E-state index contributed by atoms with van der Waals surface area (Å²) in [5.74, 6) is 1.26. The molecule has 5 unspecified atom stereocenters. The van der Waals surface area contributed by atoms with Crippen molar-refractivity contribution in [2.45, 2.75) is 187 Å². The van der Waals surface area contributed by atoms with Crippen LogP contribution in [0.3, 0.4) is 0 Å². The van der Waals surface area contributed by atoms with Gasteiger partial charge in [-0.25, -0.2) is 34.9 Å². The number of nitrogens with zero attached hydrogens (tertiary/aromatic N) is 23. The lowest BCUT2D eigenvalue weighted by Crippen LogP contribution is -2.19. The summed E-state index contributed by atoms with van der Waals surface area (Å²) in [6.45, 7) is 11.8. The zero-order chi connectivity index (χ0) is 77.9. The number of hydrogen-bond acceptors (Lipinski definition) is 31. The SMILES string of the molecule is CCCCOc1nc(N)c2nc(Br)n(C3CCCCO3)c2n1.CCCCOc1nc(N)c2nc(OC)n(C3CCCCO3)c2n1.CCCCOc1nc(N)c2ncn(C3CCCCO3)c2n1.Clc1nc(Cl)c2[nH]cnc2n1.Clc1nc(Cl)c2ncn(C3CCCCO3)c2n1.Nc1nc(Cl)nc2c1ncn2C1CCCCO1. The number of H-pyrrole nitrogens is 1. The number of nitrogens with one attached hydrogen (secondary N) is 1. The van der Waals surface area contributed by atoms with Crippen molar-refractivity contribution >= 4 is 164 Å². The number of imidazole rings is 6. The monoisotopic (exact) mass is 1690 g/mol. The third-order valence-corrected chi connectivity index (χ3v) is 19.7. The van der Waals surface area contributed by atoms with E-state index in [1.54, 1.807) is 26.1 Å². The Hall–Kier alpha value is -8.57. The number of aromatic nitrogens is 24. The summed E-state index contributed by atoms with van der Waals surface area (Å²) in [7, 11) is 1.57. The number of fused-ring (bicyclic) bond motifs is 6. The Balaban J connectivity index is 0.000000125. The minimum absolute atomic E-state index is 0.0264. The Labute approximate surface area is 670 Å². The molecule has 43 heteroatoms. The lowest BCUT2D eigenvalue weighted by molar-refractivity contribution is -0.0335. The molecule has 5 atom stereocenters. The zero-order valence-electron chi connectivity index (χ0n) is 61.7. The molecule has 111 heavy (non-hydrogen) atoms. The minimum Gasteiger partial charge on any atom is -0.468 e. The maximum atomic E-state index is 6.02. The van der Waals surface area contributed by atoms with Crippen molar-refractivity contribution in [3.63, 3.8) is 0 Å². The average molecular weight is 1700 g/mol. The first kappa shape index (κ1) is 81.9. The zero-order valence-corrected chi connectivity index (χ0v) is 67.1. The maximum absolute atomic E-state index is 6.02. The Bertz CT molecular complexity index is 4920. The molecule has 12 aromatic heterocycles. The largest absolute Gasteiger partial charge is 0.468 e. The van der Waals surface area contributed by atoms with E-state index in [2.05, 4.69) is 131 Å². The summed E-state index contributed by atoms with van der Waals surface area (Å²) in [6, 6.07) is 1.30. The first-order valence-corrected chi connectivity index (χ1v) is 39.7. The van der Waals surface area contributed by atoms with Gasteiger partial charge in [-0.15, -0.1) is 0 Å². The van der Waals surface area contributed by atoms with Gasteiger partial charge in [-0.3, -0.25) is 22.8 Å². The quantitative estimate of drug-likeness (QED) is 0.0230. The summed E-state index contributed by atoms with van der Waals surface area (Å²) in [4.78, 5) is 77.7. The van der Waals surface area contributed by atoms with E-state index in [0.29, 0.717) is 134 Å². The predicted octanol–water partition coefficient (Wildman–Crippen LogP) is 13.9. The molecule has 0 spiro atoms. The van der Waals surface area contributed by atoms with E-state index < -0.39 is 0 Å². The van der Waals surface area contributed by atoms with Crippen molar-refractivity contribution in [3.8, 4) is 24.0 Å². The molecule has 9 N–H and O–H groups in total. The van der Waals surface area contributed by atoms with Crippen molar-refractivity contribution in [2.75, 3.05) is 82.9 Å². The molecule has 0 saturated carbocycles. The topological polar surface area (TPSA) is 460 Å². The molecule has 5 aliphatic rings. The lowest BCUT2D eigenvalue weighted by Gasteiger charge is -2.24. The Morgan fingerprint density at radius 3 is 1.25 bits per heavy atom. The van der Waals surface area contributed by atoms with Gasteiger partial charge in [0.25, 0.3) is 0 Å². The Kier molecular flexibility index (Phi) is 29.3. The molecule has 0 radical (unpaired) electrons. The van der Waals surface area contributed by atoms with Gasteiger partial charge in [-0.05, 0) is 166 Å². The van der Waals surface area contributed by atoms with Gasteiger partial charge in [0.2, 0.25) is 15.9 Å². The first-order chi connectivity index (χ1) is 54.0. The second kappa shape index (κ2) is 39.7. The predicted molar refractivity (Wildman–Crippen MR) is 421 cm³/mol. The summed E-state index contributed by atoms with van der Waals surface area (Å²) < 4.78 is 61.1. The maximum Gasteiger partial charge on any atom is 0.320 e. The van der Waals surface area contributed by atoms with Crippen LogP contribution in [0.1, 0.15) is 187 Å². The van der Waals surface area contributed by atoms with Crippen LogP contribution in [-0.4, -0.2) is 177 Å². The Morgan fingerprint density at radius 1 is 0.414 bits per heavy atom. The molecule has 0 aliphatic carbocycles. The number of nitrogens with two attached hydrogens (primary N) is 4. The van der Waals surface area contributed by atoms with Crippen LogP contribution in [0, 0.1) is 0 Å². The fourth-order valence-electron chi connectivity index (χ4n) is 12.5. The fraction of sp³-hybridized carbons (Fsp3) is 0.559. The molecular formula is C68H88BrCl5N28O9. The standard InChI is InChI=1S/C15H23N5O3.C14H20BrN5O2.C14H21N5O2.C10H10Cl2N4O.C10H12ClN5O.C5H2Cl2N4/c1-3-4-8-23-14-18-12(16)11-13(19-14)20(15(17-11)21-2)10-7-5-6-9-22-10;1-2-3-7-22-14-18-11(16)10-12(19-14)20(13(15)17-10)9-6-4-5-8-21-9;1-2-3-7-21-14-17-12(15)11-13(18-14)19(9-16-11)10-6-4-5-8-20-10;11-8-7-9(15-10(12)14-8)16(5-13-7)6-3-1-2-4-17-6;11-10-14-8(12)7-9(15-10)16(5-13-7)6-3-1-2-4-17-6;6-3-2-4(9-1-8-2)11-5(7)10-3/h10H,3-9H2,1-2H3,(H2,16,18,19);9H,2-8H2,1H3,(H2,16,18,19);9-10H,2-8H2,1H3,(H2,15,17,18);5-6H,1-4H2;5-6H,1-4H2,(H2,12,14,15);1H,(H,8,9,10,11). The van der Waals surface area contributed by atoms with Crippen LogP contribution in [0.15, 0.2) is 30.0 Å². The number of unbranched alkanes of at least 4 members (excludes halogenated alkanes) is 3. The molecule has 0 amide bonds. The van der Waals surface area contributed by atoms with Crippen molar-refractivity contribution in [1.82, 2.24) is 118 Å². The number of anilines is 4. The van der Waals surface area contributed by atoms with Crippen molar-refractivity contribution < 1.29 is 42.6 Å². The molecule has 5 aliphatic heterocycles. The number of nitrogen functional groups attached to an aromatic ring is 4. The van der Waals surface area contributed by atoms with Crippen LogP contribution in [0.4, 0.5) is 23.3 Å². The van der Waals surface area contributed by atoms with Crippen LogP contribution in [0.2, 0.25) is 26.2 Å². The van der Waals surface area contributed by atoms with E-state index in [0.717, 1.165) is 161 Å². The normalized spacial score (nSPS) is 18.6. The first-order valence-electron chi connectivity index (χ1n) is 37.0. The number of ether oxygens (including phenoxy) is 9. The highest BCUT2D eigenvalue weighted by Crippen LogP contribution is 2.37. The van der Waals surface area contributed by atoms with Gasteiger partial charge in [-0.1, -0.05) is 63.2 Å². The van der Waals surface area contributed by atoms with E-state index >= 15 is 0 Å². The minimum atomic E-state index is -0.151. The summed E-state index contributed by atoms with van der Waals surface area (Å²) in [5.41, 5.74) is 30.8. The van der Waals surface area contributed by atoms with Crippen LogP contribution in [-0.2, 0) is 23.7 Å². The summed E-state index contributed by atoms with van der Waals surface area (Å²) >= 11 is 32.3. The molecule has 5 fully saturated rings. The lowest BCUT2D eigenvalue weighted by atomic mass is 10.2. The van der Waals surface area contributed by atoms with Crippen molar-refractivity contribution in [2.24, 2.45) is 0 Å². The number of hydrogen-bond donors (Lipinski definition) is 5. The van der Waals surface area contributed by atoms with Crippen molar-refractivity contribution in [1.29, 1.82) is 0 Å². The van der Waals surface area contributed by atoms with Crippen LogP contribution < -0.4 is 41.9 Å². The highest BCUT2D eigenvalue weighted by Gasteiger charge is 2.29. The number of aromatic amines is 1. The van der Waals surface area contributed by atoms with E-state index in [9.17, 15) is 0 Å². The molecular weight excluding hydrogens is 1610 g/mol. The second-order valence-corrected chi connectivity index (χ2v) is 28.4. The molecule has 5 saturated heterocycles. The highest BCUT2D eigenvalue weighted by atomic mass is 79.9. The van der Waals surface area contributed by atoms with Crippen LogP contribution >= 0.6 is 73.9 Å². The van der Waals surface area contributed by atoms with Gasteiger partial charge in [0.05, 0.1) is 52.2 Å². The fourth-order valence-corrected chi connectivity index (χ4v) is 14.0. The number of rotatable bonds is 18.